The zero-order chi connectivity index (χ0) is 16.8. The van der Waals surface area contributed by atoms with Crippen LogP contribution in [0.5, 0.6) is 5.75 Å². The van der Waals surface area contributed by atoms with Crippen LogP contribution in [0.4, 0.5) is 0 Å². The van der Waals surface area contributed by atoms with Gasteiger partial charge in [-0.25, -0.2) is 0 Å². The summed E-state index contributed by atoms with van der Waals surface area (Å²) in [4.78, 5) is 0. The van der Waals surface area contributed by atoms with Crippen molar-refractivity contribution in [1.29, 1.82) is 0 Å². The van der Waals surface area contributed by atoms with Gasteiger partial charge < -0.3 is 15.8 Å². The van der Waals surface area contributed by atoms with Crippen molar-refractivity contribution < 1.29 is 4.74 Å². The van der Waals surface area contributed by atoms with Gasteiger partial charge in [-0.1, -0.05) is 42.5 Å². The van der Waals surface area contributed by atoms with Crippen LogP contribution in [0.1, 0.15) is 49.8 Å². The normalized spacial score (nSPS) is 22.1. The van der Waals surface area contributed by atoms with Crippen LogP contribution < -0.4 is 15.8 Å². The van der Waals surface area contributed by atoms with E-state index >= 15 is 0 Å². The van der Waals surface area contributed by atoms with Crippen LogP contribution in [0.15, 0.2) is 54.6 Å². The molecular formula is C21H28N2O. The van der Waals surface area contributed by atoms with Gasteiger partial charge in [-0.3, -0.25) is 0 Å². The molecule has 0 bridgehead atoms. The van der Waals surface area contributed by atoms with Crippen molar-refractivity contribution >= 4 is 0 Å². The summed E-state index contributed by atoms with van der Waals surface area (Å²) in [7, 11) is 0. The second-order valence-corrected chi connectivity index (χ2v) is 6.84. The number of benzene rings is 2. The molecule has 1 fully saturated rings. The molecule has 2 aromatic carbocycles. The number of rotatable bonds is 6. The van der Waals surface area contributed by atoms with Crippen molar-refractivity contribution in [2.45, 2.75) is 57.3 Å². The van der Waals surface area contributed by atoms with E-state index in [2.05, 4.69) is 48.6 Å². The second-order valence-electron chi connectivity index (χ2n) is 6.84. The first-order chi connectivity index (χ1) is 11.7. The number of hydrogen-bond acceptors (Lipinski definition) is 3. The molecule has 1 aliphatic rings. The Morgan fingerprint density at radius 1 is 1.00 bits per heavy atom. The summed E-state index contributed by atoms with van der Waals surface area (Å²) in [6, 6.07) is 20.0. The van der Waals surface area contributed by atoms with Crippen LogP contribution >= 0.6 is 0 Å². The average molecular weight is 324 g/mol. The van der Waals surface area contributed by atoms with Gasteiger partial charge in [0.15, 0.2) is 0 Å². The van der Waals surface area contributed by atoms with E-state index in [-0.39, 0.29) is 0 Å². The molecule has 3 nitrogen and oxygen atoms in total. The van der Waals surface area contributed by atoms with E-state index in [9.17, 15) is 0 Å². The van der Waals surface area contributed by atoms with Crippen LogP contribution in [0.2, 0.25) is 0 Å². The molecule has 3 rings (SSSR count). The maximum absolute atomic E-state index is 5.98. The van der Waals surface area contributed by atoms with E-state index in [1.54, 1.807) is 0 Å². The smallest absolute Gasteiger partial charge is 0.119 e. The second kappa shape index (κ2) is 8.32. The van der Waals surface area contributed by atoms with Crippen molar-refractivity contribution in [1.82, 2.24) is 5.32 Å². The third-order valence-corrected chi connectivity index (χ3v) is 4.89. The Balaban J connectivity index is 1.50. The van der Waals surface area contributed by atoms with Crippen LogP contribution in [-0.2, 0) is 6.61 Å². The molecule has 0 saturated heterocycles. The maximum Gasteiger partial charge on any atom is 0.119 e. The zero-order valence-corrected chi connectivity index (χ0v) is 14.4. The minimum absolute atomic E-state index is 0.354. The summed E-state index contributed by atoms with van der Waals surface area (Å²) < 4.78 is 5.85. The largest absolute Gasteiger partial charge is 0.489 e. The van der Waals surface area contributed by atoms with E-state index in [4.69, 9.17) is 10.5 Å². The molecule has 0 heterocycles. The van der Waals surface area contributed by atoms with Crippen molar-refractivity contribution in [3.63, 3.8) is 0 Å². The van der Waals surface area contributed by atoms with Crippen molar-refractivity contribution in [3.8, 4) is 5.75 Å². The van der Waals surface area contributed by atoms with Gasteiger partial charge in [0.05, 0.1) is 0 Å². The van der Waals surface area contributed by atoms with Gasteiger partial charge >= 0.3 is 0 Å². The predicted octanol–water partition coefficient (Wildman–Crippen LogP) is 4.19. The molecule has 3 heteroatoms. The molecule has 3 N–H and O–H groups in total. The SMILES string of the molecule is CC(NC1CCC(N)CC1)c1ccc(OCc2ccccc2)cc1. The van der Waals surface area contributed by atoms with Crippen molar-refractivity contribution in [2.24, 2.45) is 5.73 Å². The fourth-order valence-electron chi connectivity index (χ4n) is 3.33. The topological polar surface area (TPSA) is 47.3 Å². The van der Waals surface area contributed by atoms with Crippen molar-refractivity contribution in [3.05, 3.63) is 65.7 Å². The molecule has 2 aromatic rings. The number of nitrogens with one attached hydrogen (secondary N) is 1. The summed E-state index contributed by atoms with van der Waals surface area (Å²) in [5.41, 5.74) is 8.47. The highest BCUT2D eigenvalue weighted by Gasteiger charge is 2.20. The number of nitrogens with two attached hydrogens (primary N) is 1. The fourth-order valence-corrected chi connectivity index (χ4v) is 3.33. The minimum atomic E-state index is 0.354. The van der Waals surface area contributed by atoms with Crippen LogP contribution in [-0.4, -0.2) is 12.1 Å². The summed E-state index contributed by atoms with van der Waals surface area (Å²) in [5.74, 6) is 0.915. The molecule has 1 saturated carbocycles. The summed E-state index contributed by atoms with van der Waals surface area (Å²) in [6.07, 6.45) is 4.64. The predicted molar refractivity (Wildman–Crippen MR) is 99.0 cm³/mol. The number of hydrogen-bond donors (Lipinski definition) is 2. The molecule has 0 aromatic heterocycles. The molecule has 0 spiro atoms. The number of ether oxygens (including phenoxy) is 1. The van der Waals surface area contributed by atoms with Crippen LogP contribution in [0, 0.1) is 0 Å². The maximum atomic E-state index is 5.98. The lowest BCUT2D eigenvalue weighted by atomic mass is 9.91. The minimum Gasteiger partial charge on any atom is -0.489 e. The Bertz CT molecular complexity index is 603. The molecule has 1 unspecified atom stereocenters. The molecule has 1 atom stereocenters. The Morgan fingerprint density at radius 2 is 1.67 bits per heavy atom. The lowest BCUT2D eigenvalue weighted by Gasteiger charge is -2.29. The monoisotopic (exact) mass is 324 g/mol. The Hall–Kier alpha value is -1.84. The highest BCUT2D eigenvalue weighted by molar-refractivity contribution is 5.29. The summed E-state index contributed by atoms with van der Waals surface area (Å²) >= 11 is 0. The Labute approximate surface area is 145 Å². The fraction of sp³-hybridized carbons (Fsp3) is 0.429. The molecule has 0 aliphatic heterocycles. The van der Waals surface area contributed by atoms with Crippen molar-refractivity contribution in [2.75, 3.05) is 0 Å². The van der Waals surface area contributed by atoms with E-state index in [1.807, 2.05) is 18.2 Å². The Kier molecular flexibility index (Phi) is 5.89. The van der Waals surface area contributed by atoms with Gasteiger partial charge in [0, 0.05) is 18.1 Å². The van der Waals surface area contributed by atoms with Gasteiger partial charge in [-0.2, -0.15) is 0 Å². The highest BCUT2D eigenvalue weighted by atomic mass is 16.5. The first kappa shape index (κ1) is 17.0. The van der Waals surface area contributed by atoms with Crippen LogP contribution in [0.25, 0.3) is 0 Å². The standard InChI is InChI=1S/C21H28N2O/c1-16(23-20-11-9-19(22)10-12-20)18-7-13-21(14-8-18)24-15-17-5-3-2-4-6-17/h2-8,13-14,16,19-20,23H,9-12,15,22H2,1H3. The molecule has 0 radical (unpaired) electrons. The molecule has 1 aliphatic carbocycles. The quantitative estimate of drug-likeness (QED) is 0.838. The van der Waals surface area contributed by atoms with E-state index in [0.29, 0.717) is 24.7 Å². The van der Waals surface area contributed by atoms with E-state index in [1.165, 1.54) is 24.0 Å². The molecular weight excluding hydrogens is 296 g/mol. The van der Waals surface area contributed by atoms with Gasteiger partial charge in [0.1, 0.15) is 12.4 Å². The average Bonchev–Trinajstić information content (AvgIpc) is 2.63. The third kappa shape index (κ3) is 4.83. The van der Waals surface area contributed by atoms with Gasteiger partial charge in [-0.05, 0) is 55.9 Å². The Morgan fingerprint density at radius 3 is 2.33 bits per heavy atom. The first-order valence-electron chi connectivity index (χ1n) is 8.99. The van der Waals surface area contributed by atoms with E-state index in [0.717, 1.165) is 18.6 Å². The first-order valence-corrected chi connectivity index (χ1v) is 8.99. The summed E-state index contributed by atoms with van der Waals surface area (Å²) in [6.45, 7) is 2.84. The molecule has 128 valence electrons. The van der Waals surface area contributed by atoms with E-state index < -0.39 is 0 Å². The van der Waals surface area contributed by atoms with Gasteiger partial charge in [0.2, 0.25) is 0 Å². The van der Waals surface area contributed by atoms with Crippen LogP contribution in [0.3, 0.4) is 0 Å². The third-order valence-electron chi connectivity index (χ3n) is 4.89. The van der Waals surface area contributed by atoms with Gasteiger partial charge in [0.25, 0.3) is 0 Å². The molecule has 24 heavy (non-hydrogen) atoms. The lowest BCUT2D eigenvalue weighted by Crippen LogP contribution is -2.38. The molecule has 0 amide bonds. The zero-order valence-electron chi connectivity index (χ0n) is 14.4. The summed E-state index contributed by atoms with van der Waals surface area (Å²) in [5, 5.41) is 3.74. The lowest BCUT2D eigenvalue weighted by molar-refractivity contribution is 0.305. The van der Waals surface area contributed by atoms with Gasteiger partial charge in [-0.15, -0.1) is 0 Å². The highest BCUT2D eigenvalue weighted by Crippen LogP contribution is 2.23.